The SMILES string of the molecule is CC=C=C(CCCCCCC)C(=O)OC. The molecule has 0 aromatic rings. The average Bonchev–Trinajstić information content (AvgIpc) is 2.26. The first kappa shape index (κ1) is 14.0. The predicted molar refractivity (Wildman–Crippen MR) is 62.7 cm³/mol. The van der Waals surface area contributed by atoms with Crippen LogP contribution < -0.4 is 0 Å². The van der Waals surface area contributed by atoms with Crippen molar-refractivity contribution in [2.24, 2.45) is 0 Å². The molecule has 0 fully saturated rings. The Balaban J connectivity index is 3.89. The number of carbonyl (C=O) groups is 1. The molecular weight excluding hydrogens is 188 g/mol. The Morgan fingerprint density at radius 1 is 1.27 bits per heavy atom. The lowest BCUT2D eigenvalue weighted by Crippen LogP contribution is -2.03. The molecule has 0 radical (unpaired) electrons. The molecule has 0 saturated heterocycles. The maximum Gasteiger partial charge on any atom is 0.341 e. The van der Waals surface area contributed by atoms with E-state index in [0.717, 1.165) is 12.8 Å². The van der Waals surface area contributed by atoms with E-state index < -0.39 is 0 Å². The summed E-state index contributed by atoms with van der Waals surface area (Å²) in [5.74, 6) is -0.247. The van der Waals surface area contributed by atoms with Gasteiger partial charge in [-0.3, -0.25) is 0 Å². The van der Waals surface area contributed by atoms with Gasteiger partial charge in [-0.2, -0.15) is 0 Å². The lowest BCUT2D eigenvalue weighted by Gasteiger charge is -2.02. The van der Waals surface area contributed by atoms with Crippen molar-refractivity contribution < 1.29 is 9.53 Å². The van der Waals surface area contributed by atoms with E-state index in [1.165, 1.54) is 32.8 Å². The summed E-state index contributed by atoms with van der Waals surface area (Å²) in [6.07, 6.45) is 8.54. The summed E-state index contributed by atoms with van der Waals surface area (Å²) in [6.45, 7) is 4.06. The maximum atomic E-state index is 11.3. The van der Waals surface area contributed by atoms with Crippen molar-refractivity contribution in [3.05, 3.63) is 17.4 Å². The lowest BCUT2D eigenvalue weighted by atomic mass is 10.1. The molecule has 0 bridgehead atoms. The minimum Gasteiger partial charge on any atom is -0.465 e. The minimum atomic E-state index is -0.247. The number of rotatable bonds is 7. The zero-order valence-corrected chi connectivity index (χ0v) is 10.1. The van der Waals surface area contributed by atoms with Crippen LogP contribution in [-0.4, -0.2) is 13.1 Å². The Labute approximate surface area is 93.0 Å². The van der Waals surface area contributed by atoms with Crippen LogP contribution in [0.5, 0.6) is 0 Å². The van der Waals surface area contributed by atoms with E-state index in [1.807, 2.05) is 6.92 Å². The first-order chi connectivity index (χ1) is 7.26. The van der Waals surface area contributed by atoms with Crippen LogP contribution in [0.25, 0.3) is 0 Å². The van der Waals surface area contributed by atoms with Gasteiger partial charge in [0, 0.05) is 0 Å². The second kappa shape index (κ2) is 9.54. The van der Waals surface area contributed by atoms with Crippen LogP contribution in [-0.2, 0) is 9.53 Å². The normalized spacial score (nSPS) is 9.27. The van der Waals surface area contributed by atoms with E-state index in [-0.39, 0.29) is 5.97 Å². The largest absolute Gasteiger partial charge is 0.465 e. The van der Waals surface area contributed by atoms with Crippen molar-refractivity contribution in [1.82, 2.24) is 0 Å². The summed E-state index contributed by atoms with van der Waals surface area (Å²) < 4.78 is 4.68. The first-order valence-corrected chi connectivity index (χ1v) is 5.74. The number of esters is 1. The van der Waals surface area contributed by atoms with E-state index in [2.05, 4.69) is 17.4 Å². The van der Waals surface area contributed by atoms with Crippen LogP contribution in [0, 0.1) is 0 Å². The summed E-state index contributed by atoms with van der Waals surface area (Å²) >= 11 is 0. The van der Waals surface area contributed by atoms with Crippen LogP contribution in [0.1, 0.15) is 52.4 Å². The smallest absolute Gasteiger partial charge is 0.341 e. The van der Waals surface area contributed by atoms with E-state index in [0.29, 0.717) is 5.57 Å². The Kier molecular flexibility index (Phi) is 8.90. The lowest BCUT2D eigenvalue weighted by molar-refractivity contribution is -0.136. The Hall–Kier alpha value is -1.01. The fraction of sp³-hybridized carbons (Fsp3) is 0.692. The van der Waals surface area contributed by atoms with Crippen molar-refractivity contribution in [1.29, 1.82) is 0 Å². The van der Waals surface area contributed by atoms with Crippen LogP contribution in [0.2, 0.25) is 0 Å². The zero-order valence-electron chi connectivity index (χ0n) is 10.1. The molecule has 0 spiro atoms. The van der Waals surface area contributed by atoms with Crippen molar-refractivity contribution in [3.8, 4) is 0 Å². The molecule has 0 unspecified atom stereocenters. The van der Waals surface area contributed by atoms with Gasteiger partial charge < -0.3 is 4.74 Å². The molecule has 0 aliphatic rings. The van der Waals surface area contributed by atoms with E-state index in [4.69, 9.17) is 0 Å². The second-order valence-corrected chi connectivity index (χ2v) is 3.57. The van der Waals surface area contributed by atoms with E-state index in [1.54, 1.807) is 6.08 Å². The van der Waals surface area contributed by atoms with E-state index in [9.17, 15) is 4.79 Å². The average molecular weight is 210 g/mol. The van der Waals surface area contributed by atoms with Crippen LogP contribution in [0.4, 0.5) is 0 Å². The molecule has 86 valence electrons. The third-order valence-corrected chi connectivity index (χ3v) is 2.28. The van der Waals surface area contributed by atoms with Crippen LogP contribution in [0.15, 0.2) is 17.4 Å². The van der Waals surface area contributed by atoms with Crippen molar-refractivity contribution in [2.45, 2.75) is 52.4 Å². The first-order valence-electron chi connectivity index (χ1n) is 5.74. The summed E-state index contributed by atoms with van der Waals surface area (Å²) in [4.78, 5) is 11.3. The Morgan fingerprint density at radius 3 is 2.47 bits per heavy atom. The molecule has 15 heavy (non-hydrogen) atoms. The summed E-state index contributed by atoms with van der Waals surface area (Å²) in [5.41, 5.74) is 3.60. The highest BCUT2D eigenvalue weighted by atomic mass is 16.5. The molecule has 0 atom stereocenters. The summed E-state index contributed by atoms with van der Waals surface area (Å²) in [7, 11) is 1.41. The fourth-order valence-electron chi connectivity index (χ4n) is 1.44. The molecule has 0 N–H and O–H groups in total. The number of ether oxygens (including phenoxy) is 1. The molecule has 0 rings (SSSR count). The number of hydrogen-bond donors (Lipinski definition) is 0. The quantitative estimate of drug-likeness (QED) is 0.277. The molecule has 0 heterocycles. The second-order valence-electron chi connectivity index (χ2n) is 3.57. The zero-order chi connectivity index (χ0) is 11.5. The Bertz CT molecular complexity index is 235. The molecule has 2 heteroatoms. The third kappa shape index (κ3) is 6.98. The minimum absolute atomic E-state index is 0.247. The summed E-state index contributed by atoms with van der Waals surface area (Å²) in [5, 5.41) is 0. The number of carbonyl (C=O) groups excluding carboxylic acids is 1. The monoisotopic (exact) mass is 210 g/mol. The van der Waals surface area contributed by atoms with Gasteiger partial charge in [-0.1, -0.05) is 32.6 Å². The van der Waals surface area contributed by atoms with Gasteiger partial charge >= 0.3 is 5.97 Å². The molecule has 0 aliphatic carbocycles. The maximum absolute atomic E-state index is 11.3. The molecule has 0 amide bonds. The van der Waals surface area contributed by atoms with Crippen LogP contribution in [0.3, 0.4) is 0 Å². The molecular formula is C13H22O2. The van der Waals surface area contributed by atoms with Crippen molar-refractivity contribution >= 4 is 5.97 Å². The Morgan fingerprint density at radius 2 is 1.93 bits per heavy atom. The van der Waals surface area contributed by atoms with Crippen LogP contribution >= 0.6 is 0 Å². The van der Waals surface area contributed by atoms with Crippen molar-refractivity contribution in [3.63, 3.8) is 0 Å². The number of hydrogen-bond acceptors (Lipinski definition) is 2. The van der Waals surface area contributed by atoms with Gasteiger partial charge in [0.1, 0.15) is 0 Å². The number of methoxy groups -OCH3 is 1. The standard InChI is InChI=1S/C13H22O2/c1-4-6-7-8-9-11-12(10-5-2)13(14)15-3/h5H,4,6-9,11H2,1-3H3. The third-order valence-electron chi connectivity index (χ3n) is 2.28. The summed E-state index contributed by atoms with van der Waals surface area (Å²) in [6, 6.07) is 0. The van der Waals surface area contributed by atoms with Gasteiger partial charge in [0.2, 0.25) is 0 Å². The topological polar surface area (TPSA) is 26.3 Å². The molecule has 0 aliphatic heterocycles. The van der Waals surface area contributed by atoms with Gasteiger partial charge in [0.15, 0.2) is 0 Å². The van der Waals surface area contributed by atoms with Gasteiger partial charge in [-0.15, -0.1) is 5.73 Å². The van der Waals surface area contributed by atoms with Crippen molar-refractivity contribution in [2.75, 3.05) is 7.11 Å². The predicted octanol–water partition coefficient (Wildman–Crippen LogP) is 3.62. The number of unbranched alkanes of at least 4 members (excludes halogenated alkanes) is 4. The molecule has 0 aromatic heterocycles. The van der Waals surface area contributed by atoms with Gasteiger partial charge in [0.25, 0.3) is 0 Å². The molecule has 2 nitrogen and oxygen atoms in total. The van der Waals surface area contributed by atoms with Gasteiger partial charge in [-0.25, -0.2) is 4.79 Å². The molecule has 0 saturated carbocycles. The highest BCUT2D eigenvalue weighted by molar-refractivity contribution is 5.87. The highest BCUT2D eigenvalue weighted by Crippen LogP contribution is 2.11. The van der Waals surface area contributed by atoms with Gasteiger partial charge in [0.05, 0.1) is 12.7 Å². The molecule has 0 aromatic carbocycles. The van der Waals surface area contributed by atoms with E-state index >= 15 is 0 Å². The highest BCUT2D eigenvalue weighted by Gasteiger charge is 2.07. The van der Waals surface area contributed by atoms with Gasteiger partial charge in [-0.05, 0) is 25.8 Å². The fourth-order valence-corrected chi connectivity index (χ4v) is 1.44.